The zero-order valence-electron chi connectivity index (χ0n) is 6.30. The molecule has 9 heavy (non-hydrogen) atoms. The fourth-order valence-corrected chi connectivity index (χ4v) is 0.845. The first-order valence-corrected chi connectivity index (χ1v) is 3.58. The van der Waals surface area contributed by atoms with Crippen LogP contribution in [-0.4, -0.2) is 11.7 Å². The monoisotopic (exact) mass is 128 g/mol. The average Bonchev–Trinajstić information content (AvgIpc) is 1.85. The Labute approximate surface area is 57.4 Å². The Morgan fingerprint density at radius 2 is 2.22 bits per heavy atom. The molecule has 1 heteroatoms. The minimum Gasteiger partial charge on any atom is -0.392 e. The quantitative estimate of drug-likeness (QED) is 0.574. The van der Waals surface area contributed by atoms with Crippen LogP contribution in [0.25, 0.3) is 0 Å². The Balaban J connectivity index is 3.25. The molecule has 0 spiro atoms. The molecule has 0 heterocycles. The topological polar surface area (TPSA) is 20.2 Å². The van der Waals surface area contributed by atoms with Crippen molar-refractivity contribution in [1.29, 1.82) is 0 Å². The molecule has 1 atom stereocenters. The largest absolute Gasteiger partial charge is 0.392 e. The maximum absolute atomic E-state index is 8.40. The molecule has 0 bridgehead atoms. The Hall–Kier alpha value is -0.300. The molecule has 0 amide bonds. The van der Waals surface area contributed by atoms with Crippen molar-refractivity contribution < 1.29 is 5.11 Å². The zero-order valence-corrected chi connectivity index (χ0v) is 6.30. The third-order valence-electron chi connectivity index (χ3n) is 1.31. The molecule has 1 N–H and O–H groups in total. The van der Waals surface area contributed by atoms with E-state index >= 15 is 0 Å². The lowest BCUT2D eigenvalue weighted by Crippen LogP contribution is -1.87. The summed E-state index contributed by atoms with van der Waals surface area (Å²) in [6, 6.07) is 0. The van der Waals surface area contributed by atoms with E-state index in [0.29, 0.717) is 5.92 Å². The fourth-order valence-electron chi connectivity index (χ4n) is 0.845. The van der Waals surface area contributed by atoms with E-state index < -0.39 is 0 Å². The molecule has 0 saturated heterocycles. The maximum Gasteiger partial charge on any atom is 0.0612 e. The van der Waals surface area contributed by atoms with Gasteiger partial charge in [0.15, 0.2) is 0 Å². The summed E-state index contributed by atoms with van der Waals surface area (Å²) in [5, 5.41) is 8.40. The molecular formula is C8H16O. The molecule has 0 aliphatic rings. The molecule has 54 valence electrons. The molecule has 0 fully saturated rings. The first-order chi connectivity index (χ1) is 4.31. The average molecular weight is 128 g/mol. The van der Waals surface area contributed by atoms with Gasteiger partial charge in [0, 0.05) is 0 Å². The van der Waals surface area contributed by atoms with Crippen LogP contribution in [0.5, 0.6) is 0 Å². The van der Waals surface area contributed by atoms with Crippen molar-refractivity contribution in [3.05, 3.63) is 12.2 Å². The normalized spacial score (nSPS) is 14.6. The highest BCUT2D eigenvalue weighted by atomic mass is 16.2. The maximum atomic E-state index is 8.40. The van der Waals surface area contributed by atoms with Crippen LogP contribution in [0.15, 0.2) is 12.2 Å². The van der Waals surface area contributed by atoms with Gasteiger partial charge in [-0.05, 0) is 12.3 Å². The number of hydrogen-bond acceptors (Lipinski definition) is 1. The predicted molar refractivity (Wildman–Crippen MR) is 40.3 cm³/mol. The van der Waals surface area contributed by atoms with E-state index in [1.54, 1.807) is 6.08 Å². The van der Waals surface area contributed by atoms with Crippen molar-refractivity contribution in [3.8, 4) is 0 Å². The van der Waals surface area contributed by atoms with Crippen molar-refractivity contribution in [2.75, 3.05) is 6.61 Å². The number of hydrogen-bond donors (Lipinski definition) is 1. The van der Waals surface area contributed by atoms with Crippen molar-refractivity contribution in [3.63, 3.8) is 0 Å². The van der Waals surface area contributed by atoms with Crippen LogP contribution in [0.3, 0.4) is 0 Å². The van der Waals surface area contributed by atoms with Crippen LogP contribution in [0.2, 0.25) is 0 Å². The van der Waals surface area contributed by atoms with Gasteiger partial charge in [-0.1, -0.05) is 32.4 Å². The van der Waals surface area contributed by atoms with Gasteiger partial charge in [-0.3, -0.25) is 0 Å². The fraction of sp³-hybridized carbons (Fsp3) is 0.750. The summed E-state index contributed by atoms with van der Waals surface area (Å²) in [7, 11) is 0. The molecule has 0 aromatic heterocycles. The Morgan fingerprint density at radius 3 is 2.67 bits per heavy atom. The summed E-state index contributed by atoms with van der Waals surface area (Å²) in [6.07, 6.45) is 6.30. The van der Waals surface area contributed by atoms with Crippen LogP contribution in [-0.2, 0) is 0 Å². The van der Waals surface area contributed by atoms with Crippen LogP contribution in [0.4, 0.5) is 0 Å². The molecule has 0 saturated carbocycles. The molecule has 0 aromatic carbocycles. The lowest BCUT2D eigenvalue weighted by molar-refractivity contribution is 0.341. The summed E-state index contributed by atoms with van der Waals surface area (Å²) >= 11 is 0. The van der Waals surface area contributed by atoms with E-state index in [0.717, 1.165) is 0 Å². The molecule has 0 rings (SSSR count). The highest BCUT2D eigenvalue weighted by Crippen LogP contribution is 2.05. The molecule has 0 aliphatic heterocycles. The Kier molecular flexibility index (Phi) is 5.64. The highest BCUT2D eigenvalue weighted by molar-refractivity contribution is 4.85. The number of rotatable bonds is 4. The lowest BCUT2D eigenvalue weighted by Gasteiger charge is -2.00. The van der Waals surface area contributed by atoms with Crippen LogP contribution < -0.4 is 0 Å². The Bertz CT molecular complexity index is 76.6. The molecule has 0 aliphatic carbocycles. The Morgan fingerprint density at radius 1 is 1.56 bits per heavy atom. The number of aliphatic hydroxyl groups is 1. The second-order valence-corrected chi connectivity index (χ2v) is 2.38. The summed E-state index contributed by atoms with van der Waals surface area (Å²) in [6.45, 7) is 4.51. The van der Waals surface area contributed by atoms with Gasteiger partial charge in [0.05, 0.1) is 6.61 Å². The minimum atomic E-state index is 0.175. The van der Waals surface area contributed by atoms with Crippen molar-refractivity contribution in [2.45, 2.75) is 26.7 Å². The van der Waals surface area contributed by atoms with E-state index in [9.17, 15) is 0 Å². The van der Waals surface area contributed by atoms with Gasteiger partial charge < -0.3 is 5.11 Å². The smallest absolute Gasteiger partial charge is 0.0612 e. The third kappa shape index (κ3) is 5.57. The third-order valence-corrected chi connectivity index (χ3v) is 1.31. The SMILES string of the molecule is CCCC(C)C=CCO. The highest BCUT2D eigenvalue weighted by Gasteiger charge is 1.91. The van der Waals surface area contributed by atoms with E-state index in [2.05, 4.69) is 19.9 Å². The van der Waals surface area contributed by atoms with Gasteiger partial charge >= 0.3 is 0 Å². The molecule has 0 aromatic rings. The summed E-state index contributed by atoms with van der Waals surface area (Å²) in [5.74, 6) is 0.627. The lowest BCUT2D eigenvalue weighted by atomic mass is 10.1. The van der Waals surface area contributed by atoms with Gasteiger partial charge in [0.2, 0.25) is 0 Å². The van der Waals surface area contributed by atoms with Gasteiger partial charge in [-0.2, -0.15) is 0 Å². The number of aliphatic hydroxyl groups excluding tert-OH is 1. The van der Waals surface area contributed by atoms with Gasteiger partial charge in [-0.15, -0.1) is 0 Å². The van der Waals surface area contributed by atoms with Crippen LogP contribution in [0, 0.1) is 5.92 Å². The first kappa shape index (κ1) is 8.70. The second-order valence-electron chi connectivity index (χ2n) is 2.38. The first-order valence-electron chi connectivity index (χ1n) is 3.58. The van der Waals surface area contributed by atoms with E-state index in [4.69, 9.17) is 5.11 Å². The molecule has 1 unspecified atom stereocenters. The van der Waals surface area contributed by atoms with Crippen molar-refractivity contribution in [2.24, 2.45) is 5.92 Å². The van der Waals surface area contributed by atoms with Crippen molar-refractivity contribution in [1.82, 2.24) is 0 Å². The zero-order chi connectivity index (χ0) is 7.11. The van der Waals surface area contributed by atoms with Crippen LogP contribution in [0.1, 0.15) is 26.7 Å². The predicted octanol–water partition coefficient (Wildman–Crippen LogP) is 1.97. The van der Waals surface area contributed by atoms with Gasteiger partial charge in [0.25, 0.3) is 0 Å². The van der Waals surface area contributed by atoms with Gasteiger partial charge in [-0.25, -0.2) is 0 Å². The molecular weight excluding hydrogens is 112 g/mol. The molecule has 1 nitrogen and oxygen atoms in total. The standard InChI is InChI=1S/C8H16O/c1-3-5-8(2)6-4-7-9/h4,6,8-9H,3,5,7H2,1-2H3. The summed E-state index contributed by atoms with van der Waals surface area (Å²) in [4.78, 5) is 0. The number of allylic oxidation sites excluding steroid dienone is 1. The van der Waals surface area contributed by atoms with Crippen molar-refractivity contribution >= 4 is 0 Å². The van der Waals surface area contributed by atoms with Gasteiger partial charge in [0.1, 0.15) is 0 Å². The summed E-state index contributed by atoms with van der Waals surface area (Å²) in [5.41, 5.74) is 0. The molecule has 0 radical (unpaired) electrons. The van der Waals surface area contributed by atoms with Crippen LogP contribution >= 0.6 is 0 Å². The van der Waals surface area contributed by atoms with E-state index in [1.165, 1.54) is 12.8 Å². The van der Waals surface area contributed by atoms with E-state index in [1.807, 2.05) is 0 Å². The van der Waals surface area contributed by atoms with E-state index in [-0.39, 0.29) is 6.61 Å². The minimum absolute atomic E-state index is 0.175. The summed E-state index contributed by atoms with van der Waals surface area (Å²) < 4.78 is 0. The second kappa shape index (κ2) is 5.83.